The van der Waals surface area contributed by atoms with Gasteiger partial charge in [-0.2, -0.15) is 4.98 Å². The molecule has 0 spiro atoms. The molecule has 1 heterocycles. The zero-order valence-corrected chi connectivity index (χ0v) is 14.9. The molecule has 2 aromatic carbocycles. The number of benzene rings is 2. The Hall–Kier alpha value is -3.15. The van der Waals surface area contributed by atoms with E-state index in [1.165, 1.54) is 0 Å². The van der Waals surface area contributed by atoms with Crippen LogP contribution in [0.1, 0.15) is 23.9 Å². The lowest BCUT2D eigenvalue weighted by Crippen LogP contribution is -2.24. The average molecular weight is 351 g/mol. The fourth-order valence-corrected chi connectivity index (χ4v) is 2.52. The highest BCUT2D eigenvalue weighted by Crippen LogP contribution is 2.17. The van der Waals surface area contributed by atoms with E-state index in [0.717, 1.165) is 22.4 Å². The van der Waals surface area contributed by atoms with Crippen LogP contribution in [0.2, 0.25) is 0 Å². The number of ether oxygens (including phenoxy) is 1. The van der Waals surface area contributed by atoms with E-state index in [-0.39, 0.29) is 18.9 Å². The Morgan fingerprint density at radius 3 is 2.73 bits per heavy atom. The first-order chi connectivity index (χ1) is 12.6. The van der Waals surface area contributed by atoms with Crippen molar-refractivity contribution < 1.29 is 14.1 Å². The lowest BCUT2D eigenvalue weighted by Gasteiger charge is -2.05. The molecule has 0 saturated carbocycles. The van der Waals surface area contributed by atoms with Crippen LogP contribution in [-0.2, 0) is 17.8 Å². The number of nitrogens with zero attached hydrogens (tertiary/aromatic N) is 2. The lowest BCUT2D eigenvalue weighted by molar-refractivity contribution is -0.120. The summed E-state index contributed by atoms with van der Waals surface area (Å²) in [6.07, 6.45) is 0.283. The molecule has 0 unspecified atom stereocenters. The minimum absolute atomic E-state index is 0.107. The second-order valence-corrected chi connectivity index (χ2v) is 5.91. The monoisotopic (exact) mass is 351 g/mol. The van der Waals surface area contributed by atoms with E-state index in [4.69, 9.17) is 9.26 Å². The third-order valence-electron chi connectivity index (χ3n) is 3.78. The van der Waals surface area contributed by atoms with Crippen LogP contribution in [-0.4, -0.2) is 22.7 Å². The van der Waals surface area contributed by atoms with E-state index in [2.05, 4.69) is 15.5 Å². The van der Waals surface area contributed by atoms with Crippen molar-refractivity contribution in [2.45, 2.75) is 26.8 Å². The molecule has 0 atom stereocenters. The first kappa shape index (κ1) is 17.7. The van der Waals surface area contributed by atoms with Crippen molar-refractivity contribution in [3.8, 4) is 17.1 Å². The molecule has 0 aliphatic carbocycles. The van der Waals surface area contributed by atoms with Crippen LogP contribution in [0.5, 0.6) is 5.75 Å². The highest BCUT2D eigenvalue weighted by atomic mass is 16.5. The summed E-state index contributed by atoms with van der Waals surface area (Å²) < 4.78 is 10.6. The summed E-state index contributed by atoms with van der Waals surface area (Å²) in [5.41, 5.74) is 2.93. The van der Waals surface area contributed by atoms with E-state index < -0.39 is 0 Å². The van der Waals surface area contributed by atoms with Gasteiger partial charge < -0.3 is 14.6 Å². The van der Waals surface area contributed by atoms with Crippen LogP contribution >= 0.6 is 0 Å². The maximum absolute atomic E-state index is 12.1. The van der Waals surface area contributed by atoms with Crippen molar-refractivity contribution in [2.75, 3.05) is 6.61 Å². The lowest BCUT2D eigenvalue weighted by atomic mass is 10.1. The Kier molecular flexibility index (Phi) is 5.63. The normalized spacial score (nSPS) is 10.5. The molecule has 0 fully saturated rings. The van der Waals surface area contributed by atoms with Gasteiger partial charge in [0.15, 0.2) is 0 Å². The smallest absolute Gasteiger partial charge is 0.246 e. The number of carbonyl (C=O) groups excluding carboxylic acids is 1. The number of amides is 1. The fourth-order valence-electron chi connectivity index (χ4n) is 2.52. The van der Waals surface area contributed by atoms with Gasteiger partial charge in [-0.1, -0.05) is 41.1 Å². The first-order valence-corrected chi connectivity index (χ1v) is 8.52. The van der Waals surface area contributed by atoms with Gasteiger partial charge in [-0.25, -0.2) is 0 Å². The summed E-state index contributed by atoms with van der Waals surface area (Å²) in [6, 6.07) is 15.3. The van der Waals surface area contributed by atoms with Crippen LogP contribution in [0.15, 0.2) is 53.1 Å². The van der Waals surface area contributed by atoms with Crippen molar-refractivity contribution in [1.29, 1.82) is 0 Å². The van der Waals surface area contributed by atoms with Gasteiger partial charge in [0.2, 0.25) is 17.6 Å². The fraction of sp³-hybridized carbons (Fsp3) is 0.250. The Morgan fingerprint density at radius 1 is 1.19 bits per heavy atom. The predicted octanol–water partition coefficient (Wildman–Crippen LogP) is 3.30. The minimum Gasteiger partial charge on any atom is -0.494 e. The van der Waals surface area contributed by atoms with Crippen molar-refractivity contribution in [1.82, 2.24) is 15.5 Å². The summed E-state index contributed by atoms with van der Waals surface area (Å²) in [7, 11) is 0. The van der Waals surface area contributed by atoms with E-state index in [1.54, 1.807) is 0 Å². The molecule has 3 rings (SSSR count). The van der Waals surface area contributed by atoms with Crippen molar-refractivity contribution in [3.63, 3.8) is 0 Å². The number of rotatable bonds is 7. The Labute approximate surface area is 152 Å². The SMILES string of the molecule is CCOc1ccc(CC(=O)NCc2nc(-c3cccc(C)c3)no2)cc1. The third kappa shape index (κ3) is 4.69. The molecule has 3 aromatic rings. The summed E-state index contributed by atoms with van der Waals surface area (Å²) in [5.74, 6) is 1.58. The topological polar surface area (TPSA) is 77.2 Å². The Balaban J connectivity index is 1.53. The van der Waals surface area contributed by atoms with Gasteiger partial charge in [-0.05, 0) is 37.6 Å². The molecule has 0 bridgehead atoms. The van der Waals surface area contributed by atoms with E-state index in [9.17, 15) is 4.79 Å². The first-order valence-electron chi connectivity index (χ1n) is 8.52. The van der Waals surface area contributed by atoms with Gasteiger partial charge in [0.1, 0.15) is 5.75 Å². The molecule has 134 valence electrons. The van der Waals surface area contributed by atoms with Gasteiger partial charge in [0.25, 0.3) is 0 Å². The van der Waals surface area contributed by atoms with Gasteiger partial charge in [0, 0.05) is 5.56 Å². The number of nitrogens with one attached hydrogen (secondary N) is 1. The molecule has 6 nitrogen and oxygen atoms in total. The summed E-state index contributed by atoms with van der Waals surface area (Å²) in [6.45, 7) is 4.76. The zero-order valence-electron chi connectivity index (χ0n) is 14.9. The van der Waals surface area contributed by atoms with Crippen LogP contribution in [0.25, 0.3) is 11.4 Å². The van der Waals surface area contributed by atoms with Gasteiger partial charge in [-0.3, -0.25) is 4.79 Å². The molecule has 0 saturated heterocycles. The maximum atomic E-state index is 12.1. The van der Waals surface area contributed by atoms with E-state index in [1.807, 2.05) is 62.4 Å². The van der Waals surface area contributed by atoms with Crippen LogP contribution < -0.4 is 10.1 Å². The number of aromatic nitrogens is 2. The molecule has 26 heavy (non-hydrogen) atoms. The summed E-state index contributed by atoms with van der Waals surface area (Å²) in [5, 5.41) is 6.76. The summed E-state index contributed by atoms with van der Waals surface area (Å²) >= 11 is 0. The molecule has 1 N–H and O–H groups in total. The molecule has 1 aromatic heterocycles. The maximum Gasteiger partial charge on any atom is 0.246 e. The quantitative estimate of drug-likeness (QED) is 0.707. The molecule has 0 aliphatic heterocycles. The number of aryl methyl sites for hydroxylation is 1. The predicted molar refractivity (Wildman–Crippen MR) is 97.6 cm³/mol. The number of carbonyl (C=O) groups is 1. The molecular weight excluding hydrogens is 330 g/mol. The van der Waals surface area contributed by atoms with Crippen LogP contribution in [0, 0.1) is 6.92 Å². The molecule has 0 radical (unpaired) electrons. The van der Waals surface area contributed by atoms with E-state index >= 15 is 0 Å². The third-order valence-corrected chi connectivity index (χ3v) is 3.78. The molecular formula is C20H21N3O3. The highest BCUT2D eigenvalue weighted by molar-refractivity contribution is 5.78. The summed E-state index contributed by atoms with van der Waals surface area (Å²) in [4.78, 5) is 16.4. The van der Waals surface area contributed by atoms with Crippen LogP contribution in [0.3, 0.4) is 0 Å². The van der Waals surface area contributed by atoms with Gasteiger partial charge in [0.05, 0.1) is 19.6 Å². The molecule has 6 heteroatoms. The molecule has 0 aliphatic rings. The standard InChI is InChI=1S/C20H21N3O3/c1-3-25-17-9-7-15(8-10-17)12-18(24)21-13-19-22-20(23-26-19)16-6-4-5-14(2)11-16/h4-11H,3,12-13H2,1-2H3,(H,21,24). The second kappa shape index (κ2) is 8.29. The number of hydrogen-bond acceptors (Lipinski definition) is 5. The zero-order chi connectivity index (χ0) is 18.4. The van der Waals surface area contributed by atoms with E-state index in [0.29, 0.717) is 18.3 Å². The molecule has 1 amide bonds. The average Bonchev–Trinajstić information content (AvgIpc) is 3.11. The Bertz CT molecular complexity index is 872. The second-order valence-electron chi connectivity index (χ2n) is 5.91. The van der Waals surface area contributed by atoms with Crippen molar-refractivity contribution in [2.24, 2.45) is 0 Å². The van der Waals surface area contributed by atoms with Gasteiger partial charge >= 0.3 is 0 Å². The highest BCUT2D eigenvalue weighted by Gasteiger charge is 2.10. The minimum atomic E-state index is -0.107. The van der Waals surface area contributed by atoms with Crippen LogP contribution in [0.4, 0.5) is 0 Å². The van der Waals surface area contributed by atoms with Crippen molar-refractivity contribution >= 4 is 5.91 Å². The van der Waals surface area contributed by atoms with Gasteiger partial charge in [-0.15, -0.1) is 0 Å². The largest absolute Gasteiger partial charge is 0.494 e. The number of hydrogen-bond donors (Lipinski definition) is 1. The van der Waals surface area contributed by atoms with Crippen molar-refractivity contribution in [3.05, 3.63) is 65.5 Å². The Morgan fingerprint density at radius 2 is 2.00 bits per heavy atom.